The Labute approximate surface area is 64.7 Å². The van der Waals surface area contributed by atoms with Gasteiger partial charge in [-0.25, -0.2) is 0 Å². The maximum atomic E-state index is 8.92. The molecule has 0 radical (unpaired) electrons. The van der Waals surface area contributed by atoms with Gasteiger partial charge in [-0.05, 0) is 6.42 Å². The Balaban J connectivity index is 2.60. The van der Waals surface area contributed by atoms with Gasteiger partial charge in [0.15, 0.2) is 0 Å². The van der Waals surface area contributed by atoms with E-state index in [1.165, 1.54) is 6.20 Å². The highest BCUT2D eigenvalue weighted by atomic mass is 16.3. The van der Waals surface area contributed by atoms with E-state index in [0.717, 1.165) is 5.69 Å². The van der Waals surface area contributed by atoms with Crippen molar-refractivity contribution >= 4 is 0 Å². The van der Waals surface area contributed by atoms with Gasteiger partial charge in [-0.1, -0.05) is 0 Å². The van der Waals surface area contributed by atoms with Gasteiger partial charge in [-0.3, -0.25) is 0 Å². The predicted octanol–water partition coefficient (Wildman–Crippen LogP) is 0.102. The summed E-state index contributed by atoms with van der Waals surface area (Å²) in [5, 5.41) is 17.5. The van der Waals surface area contributed by atoms with E-state index in [1.807, 2.05) is 0 Å². The second kappa shape index (κ2) is 3.41. The molecule has 0 amide bonds. The molecule has 0 bridgehead atoms. The lowest BCUT2D eigenvalue weighted by Gasteiger charge is -2.05. The van der Waals surface area contributed by atoms with Crippen molar-refractivity contribution in [3.63, 3.8) is 0 Å². The Morgan fingerprint density at radius 1 is 1.64 bits per heavy atom. The number of aliphatic hydroxyl groups is 1. The number of aromatic hydroxyl groups is 1. The molecule has 0 aliphatic heterocycles. The lowest BCUT2D eigenvalue weighted by Crippen LogP contribution is -2.11. The van der Waals surface area contributed by atoms with Crippen LogP contribution in [0.15, 0.2) is 12.3 Å². The molecule has 1 heterocycles. The van der Waals surface area contributed by atoms with Gasteiger partial charge < -0.3 is 20.9 Å². The number of aliphatic hydroxyl groups excluding tert-OH is 1. The molecular formula is C7H12N2O2. The van der Waals surface area contributed by atoms with Gasteiger partial charge in [-0.15, -0.1) is 0 Å². The molecule has 0 fully saturated rings. The molecule has 0 aliphatic rings. The second-order valence-electron chi connectivity index (χ2n) is 2.43. The van der Waals surface area contributed by atoms with Crippen LogP contribution in [-0.2, 0) is 0 Å². The van der Waals surface area contributed by atoms with Crippen molar-refractivity contribution in [3.8, 4) is 5.75 Å². The number of hydrogen-bond acceptors (Lipinski definition) is 3. The first-order valence-corrected chi connectivity index (χ1v) is 3.47. The molecule has 4 heteroatoms. The van der Waals surface area contributed by atoms with Crippen molar-refractivity contribution in [1.82, 2.24) is 4.98 Å². The summed E-state index contributed by atoms with van der Waals surface area (Å²) in [4.78, 5) is 2.80. The molecule has 0 spiro atoms. The molecule has 1 aromatic heterocycles. The Morgan fingerprint density at radius 3 is 2.82 bits per heavy atom. The number of nitrogens with two attached hydrogens (primary N) is 1. The molecule has 1 aromatic rings. The minimum absolute atomic E-state index is 0.0565. The van der Waals surface area contributed by atoms with E-state index in [9.17, 15) is 0 Å². The van der Waals surface area contributed by atoms with Gasteiger partial charge in [-0.2, -0.15) is 0 Å². The minimum atomic E-state index is -0.221. The molecule has 0 aliphatic carbocycles. The second-order valence-corrected chi connectivity index (χ2v) is 2.43. The topological polar surface area (TPSA) is 82.3 Å². The Hall–Kier alpha value is -1.00. The summed E-state index contributed by atoms with van der Waals surface area (Å²) in [6, 6.07) is 1.33. The van der Waals surface area contributed by atoms with Crippen molar-refractivity contribution in [2.75, 3.05) is 6.61 Å². The van der Waals surface area contributed by atoms with Crippen LogP contribution in [0.3, 0.4) is 0 Å². The van der Waals surface area contributed by atoms with E-state index in [0.29, 0.717) is 6.42 Å². The highest BCUT2D eigenvalue weighted by molar-refractivity contribution is 5.23. The summed E-state index contributed by atoms with van der Waals surface area (Å²) in [5.74, 6) is 0.174. The van der Waals surface area contributed by atoms with Gasteiger partial charge in [0, 0.05) is 30.6 Å². The van der Waals surface area contributed by atoms with E-state index in [-0.39, 0.29) is 18.4 Å². The van der Waals surface area contributed by atoms with Crippen LogP contribution in [-0.4, -0.2) is 21.8 Å². The van der Waals surface area contributed by atoms with E-state index >= 15 is 0 Å². The fourth-order valence-corrected chi connectivity index (χ4v) is 0.909. The molecule has 11 heavy (non-hydrogen) atoms. The number of H-pyrrole nitrogens is 1. The highest BCUT2D eigenvalue weighted by Crippen LogP contribution is 2.16. The SMILES string of the molecule is N[C@H](CCO)c1cc(O)c[nH]1. The monoisotopic (exact) mass is 156 g/mol. The van der Waals surface area contributed by atoms with E-state index < -0.39 is 0 Å². The molecule has 5 N–H and O–H groups in total. The van der Waals surface area contributed by atoms with Crippen molar-refractivity contribution in [2.45, 2.75) is 12.5 Å². The van der Waals surface area contributed by atoms with Crippen molar-refractivity contribution < 1.29 is 10.2 Å². The number of rotatable bonds is 3. The summed E-state index contributed by atoms with van der Waals surface area (Å²) in [7, 11) is 0. The van der Waals surface area contributed by atoms with Crippen LogP contribution in [0.5, 0.6) is 5.75 Å². The van der Waals surface area contributed by atoms with Crippen LogP contribution in [0, 0.1) is 0 Å². The van der Waals surface area contributed by atoms with Crippen LogP contribution < -0.4 is 5.73 Å². The maximum absolute atomic E-state index is 8.92. The zero-order valence-electron chi connectivity index (χ0n) is 6.12. The van der Waals surface area contributed by atoms with Crippen LogP contribution in [0.4, 0.5) is 0 Å². The predicted molar refractivity (Wildman–Crippen MR) is 41.1 cm³/mol. The summed E-state index contributed by atoms with van der Waals surface area (Å²) < 4.78 is 0. The lowest BCUT2D eigenvalue weighted by molar-refractivity contribution is 0.276. The van der Waals surface area contributed by atoms with Gasteiger partial charge in [0.1, 0.15) is 5.75 Å². The first kappa shape index (κ1) is 8.10. The number of aromatic amines is 1. The van der Waals surface area contributed by atoms with Crippen molar-refractivity contribution in [1.29, 1.82) is 0 Å². The summed E-state index contributed by atoms with van der Waals surface area (Å²) in [6.07, 6.45) is 1.96. The quantitative estimate of drug-likeness (QED) is 0.501. The van der Waals surface area contributed by atoms with Gasteiger partial charge in [0.25, 0.3) is 0 Å². The molecule has 0 aromatic carbocycles. The van der Waals surface area contributed by atoms with Gasteiger partial charge >= 0.3 is 0 Å². The molecule has 1 atom stereocenters. The van der Waals surface area contributed by atoms with Crippen LogP contribution >= 0.6 is 0 Å². The third kappa shape index (κ3) is 1.96. The standard InChI is InChI=1S/C7H12N2O2/c8-6(1-2-10)7-3-5(11)4-9-7/h3-4,6,9-11H,1-2,8H2/t6-/m1/s1. The lowest BCUT2D eigenvalue weighted by atomic mass is 10.2. The van der Waals surface area contributed by atoms with Gasteiger partial charge in [0.05, 0.1) is 0 Å². The van der Waals surface area contributed by atoms with Crippen LogP contribution in [0.1, 0.15) is 18.2 Å². The first-order valence-electron chi connectivity index (χ1n) is 3.47. The zero-order valence-corrected chi connectivity index (χ0v) is 6.12. The molecular weight excluding hydrogens is 144 g/mol. The van der Waals surface area contributed by atoms with Crippen LogP contribution in [0.2, 0.25) is 0 Å². The Bertz CT molecular complexity index is 222. The largest absolute Gasteiger partial charge is 0.506 e. The molecule has 62 valence electrons. The maximum Gasteiger partial charge on any atom is 0.133 e. The average molecular weight is 156 g/mol. The normalized spacial score (nSPS) is 13.3. The van der Waals surface area contributed by atoms with Crippen LogP contribution in [0.25, 0.3) is 0 Å². The van der Waals surface area contributed by atoms with E-state index in [4.69, 9.17) is 15.9 Å². The third-order valence-electron chi connectivity index (χ3n) is 1.53. The Kier molecular flexibility index (Phi) is 2.51. The fraction of sp³-hybridized carbons (Fsp3) is 0.429. The number of nitrogens with one attached hydrogen (secondary N) is 1. The fourth-order valence-electron chi connectivity index (χ4n) is 0.909. The van der Waals surface area contributed by atoms with Crippen molar-refractivity contribution in [2.24, 2.45) is 5.73 Å². The van der Waals surface area contributed by atoms with E-state index in [2.05, 4.69) is 4.98 Å². The highest BCUT2D eigenvalue weighted by Gasteiger charge is 2.06. The summed E-state index contributed by atoms with van der Waals surface area (Å²) >= 11 is 0. The number of aromatic nitrogens is 1. The molecule has 1 rings (SSSR count). The first-order chi connectivity index (χ1) is 5.24. The summed E-state index contributed by atoms with van der Waals surface area (Å²) in [6.45, 7) is 0.0565. The zero-order chi connectivity index (χ0) is 8.27. The van der Waals surface area contributed by atoms with E-state index in [1.54, 1.807) is 6.07 Å². The van der Waals surface area contributed by atoms with Crippen molar-refractivity contribution in [3.05, 3.63) is 18.0 Å². The average Bonchev–Trinajstić information content (AvgIpc) is 2.36. The summed E-state index contributed by atoms with van der Waals surface area (Å²) in [5.41, 5.74) is 6.36. The molecule has 0 saturated carbocycles. The smallest absolute Gasteiger partial charge is 0.133 e. The molecule has 4 nitrogen and oxygen atoms in total. The molecule has 0 unspecified atom stereocenters. The van der Waals surface area contributed by atoms with Gasteiger partial charge in [0.2, 0.25) is 0 Å². The number of hydrogen-bond donors (Lipinski definition) is 4. The minimum Gasteiger partial charge on any atom is -0.506 e. The third-order valence-corrected chi connectivity index (χ3v) is 1.53. The molecule has 0 saturated heterocycles. The Morgan fingerprint density at radius 2 is 2.36 bits per heavy atom.